The van der Waals surface area contributed by atoms with Crippen molar-refractivity contribution >= 4 is 23.0 Å². The summed E-state index contributed by atoms with van der Waals surface area (Å²) in [6.07, 6.45) is 4.51. The quantitative estimate of drug-likeness (QED) is 0.120. The average molecular weight is 684 g/mol. The van der Waals surface area contributed by atoms with Gasteiger partial charge in [-0.25, -0.2) is 9.38 Å². The van der Waals surface area contributed by atoms with Crippen LogP contribution in [0.3, 0.4) is 0 Å². The van der Waals surface area contributed by atoms with Crippen molar-refractivity contribution in [3.05, 3.63) is 90.4 Å². The second kappa shape index (κ2) is 27.0. The van der Waals surface area contributed by atoms with Crippen LogP contribution in [0.1, 0.15) is 70.8 Å². The molecule has 9 nitrogen and oxygen atoms in total. The molecular weight excluding hydrogens is 621 g/mol. The fraction of sp³-hybridized carbons (Fsp3) is 0.487. The Morgan fingerprint density at radius 2 is 1.80 bits per heavy atom. The molecule has 1 unspecified atom stereocenters. The number of amides is 1. The van der Waals surface area contributed by atoms with Gasteiger partial charge in [0.25, 0.3) is 5.91 Å². The van der Waals surface area contributed by atoms with Crippen LogP contribution in [0.15, 0.2) is 78.5 Å². The molecule has 0 aliphatic carbocycles. The van der Waals surface area contributed by atoms with Gasteiger partial charge in [0.15, 0.2) is 11.6 Å². The Balaban J connectivity index is 0.00000120. The minimum Gasteiger partial charge on any atom is -0.494 e. The third kappa shape index (κ3) is 17.4. The molecule has 49 heavy (non-hydrogen) atoms. The van der Waals surface area contributed by atoms with Gasteiger partial charge in [0.2, 0.25) is 0 Å². The molecule has 3 N–H and O–H groups in total. The van der Waals surface area contributed by atoms with Gasteiger partial charge < -0.3 is 30.2 Å². The van der Waals surface area contributed by atoms with Gasteiger partial charge in [-0.2, -0.15) is 0 Å². The lowest BCUT2D eigenvalue weighted by molar-refractivity contribution is -0.0317. The molecule has 1 heterocycles. The van der Waals surface area contributed by atoms with Gasteiger partial charge in [0.05, 0.1) is 33.0 Å². The minimum absolute atomic E-state index is 0.0371. The Kier molecular flexibility index (Phi) is 24.9. The molecular formula is C39H62FN5O4. The zero-order chi connectivity index (χ0) is 37.2. The second-order valence-electron chi connectivity index (χ2n) is 10.6. The number of carbonyl (C=O) groups excluding carboxylic acids is 1. The lowest BCUT2D eigenvalue weighted by atomic mass is 10.1. The number of rotatable bonds is 14. The Bertz CT molecular complexity index is 1300. The molecule has 1 aliphatic rings. The minimum atomic E-state index is -0.349. The van der Waals surface area contributed by atoms with Crippen molar-refractivity contribution in [1.82, 2.24) is 9.80 Å². The van der Waals surface area contributed by atoms with Crippen LogP contribution in [0.5, 0.6) is 5.75 Å². The predicted molar refractivity (Wildman–Crippen MR) is 205 cm³/mol. The number of benzene rings is 2. The van der Waals surface area contributed by atoms with E-state index in [1.165, 1.54) is 13.2 Å². The van der Waals surface area contributed by atoms with E-state index in [4.69, 9.17) is 19.9 Å². The van der Waals surface area contributed by atoms with Crippen molar-refractivity contribution < 1.29 is 23.4 Å². The summed E-state index contributed by atoms with van der Waals surface area (Å²) in [5.74, 6) is 0.600. The summed E-state index contributed by atoms with van der Waals surface area (Å²) in [6, 6.07) is 12.2. The number of ether oxygens (including phenoxy) is 3. The smallest absolute Gasteiger partial charge is 0.253 e. The van der Waals surface area contributed by atoms with Crippen molar-refractivity contribution in [3.8, 4) is 5.75 Å². The third-order valence-corrected chi connectivity index (χ3v) is 7.11. The number of amidine groups is 1. The lowest BCUT2D eigenvalue weighted by Gasteiger charge is -2.32. The zero-order valence-corrected chi connectivity index (χ0v) is 31.5. The number of carbonyl (C=O) groups is 1. The second-order valence-corrected chi connectivity index (χ2v) is 10.6. The van der Waals surface area contributed by atoms with E-state index in [0.29, 0.717) is 38.5 Å². The number of anilines is 1. The molecule has 10 heteroatoms. The largest absolute Gasteiger partial charge is 0.494 e. The fourth-order valence-corrected chi connectivity index (χ4v) is 4.24. The fourth-order valence-electron chi connectivity index (χ4n) is 4.24. The van der Waals surface area contributed by atoms with Crippen molar-refractivity contribution in [2.24, 2.45) is 10.7 Å². The van der Waals surface area contributed by atoms with Crippen LogP contribution in [-0.4, -0.2) is 94.3 Å². The van der Waals surface area contributed by atoms with E-state index in [9.17, 15) is 9.18 Å². The van der Waals surface area contributed by atoms with Crippen molar-refractivity contribution in [2.45, 2.75) is 61.0 Å². The van der Waals surface area contributed by atoms with E-state index >= 15 is 0 Å². The Labute approximate surface area is 295 Å². The van der Waals surface area contributed by atoms with Gasteiger partial charge >= 0.3 is 0 Å². The Morgan fingerprint density at radius 3 is 2.35 bits per heavy atom. The topological polar surface area (TPSA) is 102 Å². The molecule has 3 rings (SSSR count). The zero-order valence-electron chi connectivity index (χ0n) is 31.5. The van der Waals surface area contributed by atoms with E-state index in [-0.39, 0.29) is 23.6 Å². The van der Waals surface area contributed by atoms with E-state index in [2.05, 4.69) is 28.4 Å². The maximum Gasteiger partial charge on any atom is 0.253 e. The molecule has 0 aromatic heterocycles. The summed E-state index contributed by atoms with van der Waals surface area (Å²) < 4.78 is 29.1. The highest BCUT2D eigenvalue weighted by Crippen LogP contribution is 2.21. The third-order valence-electron chi connectivity index (χ3n) is 7.11. The molecule has 1 amide bonds. The molecule has 0 bridgehead atoms. The van der Waals surface area contributed by atoms with Gasteiger partial charge in [0.1, 0.15) is 5.84 Å². The maximum absolute atomic E-state index is 13.0. The first kappa shape index (κ1) is 45.2. The van der Waals surface area contributed by atoms with Gasteiger partial charge in [-0.3, -0.25) is 9.69 Å². The number of aliphatic imine (C=N–C) groups is 1. The number of allylic oxidation sites excluding steroid dienone is 2. The van der Waals surface area contributed by atoms with Gasteiger partial charge in [0, 0.05) is 57.2 Å². The van der Waals surface area contributed by atoms with E-state index < -0.39 is 0 Å². The summed E-state index contributed by atoms with van der Waals surface area (Å²) in [5.41, 5.74) is 9.73. The first-order valence-electron chi connectivity index (χ1n) is 17.2. The summed E-state index contributed by atoms with van der Waals surface area (Å²) in [6.45, 7) is 27.1. The molecule has 1 atom stereocenters. The number of halogens is 1. The monoisotopic (exact) mass is 683 g/mol. The molecule has 2 aromatic rings. The molecule has 0 spiro atoms. The molecule has 1 saturated heterocycles. The van der Waals surface area contributed by atoms with E-state index in [1.807, 2.05) is 78.8 Å². The number of morpholine rings is 1. The predicted octanol–water partition coefficient (Wildman–Crippen LogP) is 7.66. The molecule has 274 valence electrons. The maximum atomic E-state index is 13.0. The van der Waals surface area contributed by atoms with Crippen LogP contribution in [0.2, 0.25) is 0 Å². The van der Waals surface area contributed by atoms with Gasteiger partial charge in [-0.15, -0.1) is 0 Å². The first-order chi connectivity index (χ1) is 23.6. The Morgan fingerprint density at radius 1 is 1.14 bits per heavy atom. The molecule has 0 saturated carbocycles. The van der Waals surface area contributed by atoms with Crippen molar-refractivity contribution in [3.63, 3.8) is 0 Å². The summed E-state index contributed by atoms with van der Waals surface area (Å²) >= 11 is 0. The number of nitrogens with two attached hydrogens (primary N) is 1. The summed E-state index contributed by atoms with van der Waals surface area (Å²) in [7, 11) is 3.23. The SMILES string of the molecule is C=C(C)c1ccc(OC)c(F)c1.C=C(CC)C(=N/C=C\C)Nc1ccc(C(=O)N(C)CCOCCN2CCOC(CN)C2)cc1.CC.CC. The van der Waals surface area contributed by atoms with Crippen LogP contribution < -0.4 is 15.8 Å². The number of methoxy groups -OCH3 is 1. The van der Waals surface area contributed by atoms with Gasteiger partial charge in [-0.1, -0.05) is 65.5 Å². The number of nitrogens with zero attached hydrogens (tertiary/aromatic N) is 3. The van der Waals surface area contributed by atoms with Crippen molar-refractivity contribution in [2.75, 3.05) is 72.0 Å². The highest BCUT2D eigenvalue weighted by Gasteiger charge is 2.18. The van der Waals surface area contributed by atoms with Gasteiger partial charge in [-0.05, 0) is 67.8 Å². The number of hydrogen-bond acceptors (Lipinski definition) is 7. The van der Waals surface area contributed by atoms with Crippen LogP contribution >= 0.6 is 0 Å². The highest BCUT2D eigenvalue weighted by atomic mass is 19.1. The highest BCUT2D eigenvalue weighted by molar-refractivity contribution is 6.08. The number of nitrogens with one attached hydrogen (secondary N) is 1. The number of likely N-dealkylation sites (N-methyl/N-ethyl adjacent to an activating group) is 1. The standard InChI is InChI=1S/C25H39N5O3.C10H11FO.2C2H6/c1-5-11-27-24(20(3)6-2)28-22-9-7-21(8-10-22)25(31)29(4)12-15-32-16-13-30-14-17-33-23(18-26)19-30;1-7(2)8-4-5-10(12-3)9(11)6-8;2*1-2/h5,7-11,23H,3,6,12-19,26H2,1-2,4H3,(H,27,28);4-6H,1H2,2-3H3;2*1-2H3/b11-5-;;;. The molecule has 1 fully saturated rings. The first-order valence-corrected chi connectivity index (χ1v) is 17.2. The molecule has 0 radical (unpaired) electrons. The van der Waals surface area contributed by atoms with Crippen LogP contribution in [-0.2, 0) is 9.47 Å². The van der Waals surface area contributed by atoms with Crippen LogP contribution in [0, 0.1) is 5.82 Å². The molecule has 2 aromatic carbocycles. The van der Waals surface area contributed by atoms with E-state index in [0.717, 1.165) is 54.3 Å². The lowest BCUT2D eigenvalue weighted by Crippen LogP contribution is -2.46. The van der Waals surface area contributed by atoms with Crippen LogP contribution in [0.25, 0.3) is 5.57 Å². The number of hydrogen-bond donors (Lipinski definition) is 2. The van der Waals surface area contributed by atoms with E-state index in [1.54, 1.807) is 30.3 Å². The average Bonchev–Trinajstić information content (AvgIpc) is 3.14. The summed E-state index contributed by atoms with van der Waals surface area (Å²) in [5, 5.41) is 3.28. The van der Waals surface area contributed by atoms with Crippen molar-refractivity contribution in [1.29, 1.82) is 0 Å². The van der Waals surface area contributed by atoms with Crippen LogP contribution in [0.4, 0.5) is 10.1 Å². The molecule has 1 aliphatic heterocycles. The Hall–Kier alpha value is -3.83. The summed E-state index contributed by atoms with van der Waals surface area (Å²) in [4.78, 5) is 21.1. The normalized spacial score (nSPS) is 14.3.